The van der Waals surface area contributed by atoms with Crippen molar-refractivity contribution in [3.05, 3.63) is 35.5 Å². The third-order valence-corrected chi connectivity index (χ3v) is 5.99. The van der Waals surface area contributed by atoms with Gasteiger partial charge in [-0.3, -0.25) is 4.98 Å². The topological polar surface area (TPSA) is 38.9 Å². The van der Waals surface area contributed by atoms with Crippen molar-refractivity contribution < 1.29 is 0 Å². The third kappa shape index (κ3) is 2.96. The Kier molecular flexibility index (Phi) is 4.24. The van der Waals surface area contributed by atoms with Crippen LogP contribution >= 0.6 is 0 Å². The van der Waals surface area contributed by atoms with Crippen LogP contribution in [0.1, 0.15) is 87.3 Å². The highest BCUT2D eigenvalue weighted by atomic mass is 14.8. The normalized spacial score (nSPS) is 20.9. The van der Waals surface area contributed by atoms with Crippen LogP contribution < -0.4 is 5.73 Å². The van der Waals surface area contributed by atoms with E-state index in [4.69, 9.17) is 10.7 Å². The minimum absolute atomic E-state index is 0.648. The van der Waals surface area contributed by atoms with Gasteiger partial charge in [0.05, 0.1) is 11.2 Å². The summed E-state index contributed by atoms with van der Waals surface area (Å²) in [5.41, 5.74) is 11.0. The molecule has 2 saturated carbocycles. The van der Waals surface area contributed by atoms with Crippen LogP contribution in [0, 0.1) is 0 Å². The Morgan fingerprint density at radius 3 is 2.17 bits per heavy atom. The van der Waals surface area contributed by atoms with Gasteiger partial charge in [-0.25, -0.2) is 0 Å². The van der Waals surface area contributed by atoms with Crippen LogP contribution in [-0.2, 0) is 0 Å². The molecule has 0 spiro atoms. The predicted octanol–water partition coefficient (Wildman–Crippen LogP) is 5.91. The summed E-state index contributed by atoms with van der Waals surface area (Å²) in [6.07, 6.45) is 13.5. The first-order valence-electron chi connectivity index (χ1n) is 9.52. The number of nitrogens with zero attached hydrogens (tertiary/aromatic N) is 1. The van der Waals surface area contributed by atoms with Gasteiger partial charge in [-0.05, 0) is 49.3 Å². The lowest BCUT2D eigenvalue weighted by atomic mass is 9.80. The van der Waals surface area contributed by atoms with E-state index in [-0.39, 0.29) is 0 Å². The van der Waals surface area contributed by atoms with Crippen LogP contribution in [0.25, 0.3) is 10.9 Å². The van der Waals surface area contributed by atoms with Crippen molar-refractivity contribution in [2.75, 3.05) is 5.73 Å². The van der Waals surface area contributed by atoms with Crippen molar-refractivity contribution in [3.63, 3.8) is 0 Å². The molecule has 0 atom stereocenters. The lowest BCUT2D eigenvalue weighted by Crippen LogP contribution is -2.11. The van der Waals surface area contributed by atoms with Gasteiger partial charge in [0, 0.05) is 17.0 Å². The van der Waals surface area contributed by atoms with E-state index in [1.54, 1.807) is 0 Å². The highest BCUT2D eigenvalue weighted by Crippen LogP contribution is 2.40. The van der Waals surface area contributed by atoms with Gasteiger partial charge < -0.3 is 5.73 Å². The number of para-hydroxylation sites is 1. The molecule has 2 N–H and O–H groups in total. The zero-order valence-corrected chi connectivity index (χ0v) is 14.1. The Labute approximate surface area is 139 Å². The summed E-state index contributed by atoms with van der Waals surface area (Å²) in [6, 6.07) is 8.78. The van der Waals surface area contributed by atoms with Crippen molar-refractivity contribution >= 4 is 16.6 Å². The average Bonchev–Trinajstić information content (AvgIpc) is 2.63. The molecular weight excluding hydrogens is 280 g/mol. The van der Waals surface area contributed by atoms with E-state index < -0.39 is 0 Å². The van der Waals surface area contributed by atoms with Gasteiger partial charge >= 0.3 is 0 Å². The SMILES string of the molecule is Nc1cccc2c(C3CCCCC3)cc(C3CCCCC3)nc12. The highest BCUT2D eigenvalue weighted by Gasteiger charge is 2.23. The largest absolute Gasteiger partial charge is 0.397 e. The molecule has 2 aliphatic carbocycles. The number of rotatable bonds is 2. The molecule has 2 nitrogen and oxygen atoms in total. The Hall–Kier alpha value is -1.57. The first-order chi connectivity index (χ1) is 11.3. The Balaban J connectivity index is 1.82. The van der Waals surface area contributed by atoms with Crippen LogP contribution in [0.3, 0.4) is 0 Å². The molecule has 0 bridgehead atoms. The smallest absolute Gasteiger partial charge is 0.0937 e. The molecule has 0 saturated heterocycles. The minimum atomic E-state index is 0.648. The highest BCUT2D eigenvalue weighted by molar-refractivity contribution is 5.92. The molecule has 1 aromatic heterocycles. The lowest BCUT2D eigenvalue weighted by molar-refractivity contribution is 0.432. The molecular formula is C21H28N2. The van der Waals surface area contributed by atoms with Gasteiger partial charge in [0.15, 0.2) is 0 Å². The summed E-state index contributed by atoms with van der Waals surface area (Å²) in [6.45, 7) is 0. The molecule has 23 heavy (non-hydrogen) atoms. The van der Waals surface area contributed by atoms with Gasteiger partial charge in [0.2, 0.25) is 0 Å². The first kappa shape index (κ1) is 15.0. The summed E-state index contributed by atoms with van der Waals surface area (Å²) >= 11 is 0. The second-order valence-electron chi connectivity index (χ2n) is 7.55. The molecule has 2 heteroatoms. The predicted molar refractivity (Wildman–Crippen MR) is 97.8 cm³/mol. The van der Waals surface area contributed by atoms with Crippen LogP contribution in [0.4, 0.5) is 5.69 Å². The van der Waals surface area contributed by atoms with E-state index in [1.165, 1.54) is 80.9 Å². The number of aromatic nitrogens is 1. The van der Waals surface area contributed by atoms with Gasteiger partial charge in [0.1, 0.15) is 0 Å². The number of fused-ring (bicyclic) bond motifs is 1. The maximum Gasteiger partial charge on any atom is 0.0937 e. The molecule has 1 heterocycles. The molecule has 0 unspecified atom stereocenters. The van der Waals surface area contributed by atoms with Crippen LogP contribution in [0.15, 0.2) is 24.3 Å². The van der Waals surface area contributed by atoms with E-state index in [1.807, 2.05) is 6.07 Å². The fraction of sp³-hybridized carbons (Fsp3) is 0.571. The van der Waals surface area contributed by atoms with Crippen LogP contribution in [-0.4, -0.2) is 4.98 Å². The van der Waals surface area contributed by atoms with Crippen molar-refractivity contribution in [2.24, 2.45) is 0 Å². The number of benzene rings is 1. The van der Waals surface area contributed by atoms with E-state index >= 15 is 0 Å². The van der Waals surface area contributed by atoms with E-state index in [9.17, 15) is 0 Å². The molecule has 4 rings (SSSR count). The molecule has 2 fully saturated rings. The second-order valence-corrected chi connectivity index (χ2v) is 7.55. The number of hydrogen-bond donors (Lipinski definition) is 1. The summed E-state index contributed by atoms with van der Waals surface area (Å²) < 4.78 is 0. The molecule has 0 amide bonds. The summed E-state index contributed by atoms with van der Waals surface area (Å²) in [7, 11) is 0. The zero-order valence-electron chi connectivity index (χ0n) is 14.1. The standard InChI is InChI=1S/C21H28N2/c22-19-13-7-12-17-18(15-8-3-1-4-9-15)14-20(23-21(17)19)16-10-5-2-6-11-16/h7,12-16H,1-6,8-11,22H2. The zero-order chi connectivity index (χ0) is 15.6. The van der Waals surface area contributed by atoms with Gasteiger partial charge in [0.25, 0.3) is 0 Å². The van der Waals surface area contributed by atoms with Crippen LogP contribution in [0.2, 0.25) is 0 Å². The number of pyridine rings is 1. The molecule has 0 aliphatic heterocycles. The summed E-state index contributed by atoms with van der Waals surface area (Å²) in [5.74, 6) is 1.36. The molecule has 2 aromatic rings. The number of nitrogens with two attached hydrogens (primary N) is 1. The van der Waals surface area contributed by atoms with Crippen molar-refractivity contribution in [1.82, 2.24) is 4.98 Å². The first-order valence-corrected chi connectivity index (χ1v) is 9.52. The quantitative estimate of drug-likeness (QED) is 0.700. The summed E-state index contributed by atoms with van der Waals surface area (Å²) in [4.78, 5) is 5.03. The maximum absolute atomic E-state index is 6.29. The number of anilines is 1. The minimum Gasteiger partial charge on any atom is -0.397 e. The third-order valence-electron chi connectivity index (χ3n) is 5.99. The van der Waals surface area contributed by atoms with Crippen molar-refractivity contribution in [2.45, 2.75) is 76.0 Å². The molecule has 1 aromatic carbocycles. The Morgan fingerprint density at radius 1 is 0.826 bits per heavy atom. The molecule has 2 aliphatic rings. The van der Waals surface area contributed by atoms with Gasteiger partial charge in [-0.2, -0.15) is 0 Å². The Morgan fingerprint density at radius 2 is 1.48 bits per heavy atom. The van der Waals surface area contributed by atoms with E-state index in [2.05, 4.69) is 18.2 Å². The average molecular weight is 308 g/mol. The lowest BCUT2D eigenvalue weighted by Gasteiger charge is -2.27. The van der Waals surface area contributed by atoms with E-state index in [0.29, 0.717) is 11.8 Å². The van der Waals surface area contributed by atoms with Crippen LogP contribution in [0.5, 0.6) is 0 Å². The fourth-order valence-electron chi connectivity index (χ4n) is 4.68. The summed E-state index contributed by atoms with van der Waals surface area (Å²) in [5, 5.41) is 1.30. The number of nitrogen functional groups attached to an aromatic ring is 1. The molecule has 0 radical (unpaired) electrons. The fourth-order valence-corrected chi connectivity index (χ4v) is 4.68. The van der Waals surface area contributed by atoms with Gasteiger partial charge in [-0.15, -0.1) is 0 Å². The Bertz CT molecular complexity index is 680. The second kappa shape index (κ2) is 6.51. The number of hydrogen-bond acceptors (Lipinski definition) is 2. The van der Waals surface area contributed by atoms with Crippen molar-refractivity contribution in [3.8, 4) is 0 Å². The van der Waals surface area contributed by atoms with Gasteiger partial charge in [-0.1, -0.05) is 50.7 Å². The maximum atomic E-state index is 6.29. The monoisotopic (exact) mass is 308 g/mol. The van der Waals surface area contributed by atoms with Crippen molar-refractivity contribution in [1.29, 1.82) is 0 Å². The molecule has 122 valence electrons. The van der Waals surface area contributed by atoms with E-state index in [0.717, 1.165) is 11.2 Å².